The predicted octanol–water partition coefficient (Wildman–Crippen LogP) is 2.46. The molecule has 0 aliphatic heterocycles. The van der Waals surface area contributed by atoms with E-state index in [-0.39, 0.29) is 5.91 Å². The van der Waals surface area contributed by atoms with Crippen molar-refractivity contribution in [2.45, 2.75) is 40.7 Å². The summed E-state index contributed by atoms with van der Waals surface area (Å²) in [5, 5.41) is 6.27. The maximum absolute atomic E-state index is 11.8. The number of nitrogens with zero attached hydrogens (tertiary/aromatic N) is 1. The van der Waals surface area contributed by atoms with Crippen LogP contribution < -0.4 is 15.5 Å². The summed E-state index contributed by atoms with van der Waals surface area (Å²) in [5.41, 5.74) is 3.65. The van der Waals surface area contributed by atoms with Crippen LogP contribution >= 0.6 is 0 Å². The number of hydrogen-bond acceptors (Lipinski definition) is 3. The van der Waals surface area contributed by atoms with Gasteiger partial charge in [0.25, 0.3) is 0 Å². The van der Waals surface area contributed by atoms with Gasteiger partial charge in [0.15, 0.2) is 0 Å². The molecule has 0 bridgehead atoms. The first-order valence-electron chi connectivity index (χ1n) is 7.94. The fraction of sp³-hybridized carbons (Fsp3) is 0.588. The van der Waals surface area contributed by atoms with Crippen LogP contribution in [0.1, 0.15) is 38.3 Å². The maximum Gasteiger partial charge on any atom is 0.239 e. The van der Waals surface area contributed by atoms with Crippen molar-refractivity contribution in [1.82, 2.24) is 10.6 Å². The third-order valence-corrected chi connectivity index (χ3v) is 3.45. The lowest BCUT2D eigenvalue weighted by molar-refractivity contribution is -0.119. The monoisotopic (exact) mass is 291 g/mol. The third kappa shape index (κ3) is 5.76. The first-order chi connectivity index (χ1) is 10.1. The van der Waals surface area contributed by atoms with Crippen LogP contribution in [0.25, 0.3) is 0 Å². The summed E-state index contributed by atoms with van der Waals surface area (Å²) in [6, 6.07) is 6.48. The predicted molar refractivity (Wildman–Crippen MR) is 89.7 cm³/mol. The number of carbonyl (C=O) groups is 1. The second kappa shape index (κ2) is 9.40. The van der Waals surface area contributed by atoms with E-state index in [9.17, 15) is 4.79 Å². The van der Waals surface area contributed by atoms with Gasteiger partial charge in [-0.1, -0.05) is 19.1 Å². The number of likely N-dealkylation sites (N-methyl/N-ethyl adjacent to an activating group) is 2. The standard InChI is InChI=1S/C17H29N3O/c1-5-10-18-12-15-8-9-16(14(4)11-15)20(7-3)13-17(21)19-6-2/h8-9,11,18H,5-7,10,12-13H2,1-4H3,(H,19,21). The molecule has 2 N–H and O–H groups in total. The lowest BCUT2D eigenvalue weighted by Gasteiger charge is -2.24. The largest absolute Gasteiger partial charge is 0.362 e. The molecular formula is C17H29N3O. The van der Waals surface area contributed by atoms with Gasteiger partial charge < -0.3 is 15.5 Å². The molecule has 1 aromatic rings. The summed E-state index contributed by atoms with van der Waals surface area (Å²) in [5.74, 6) is 0.0763. The smallest absolute Gasteiger partial charge is 0.239 e. The van der Waals surface area contributed by atoms with Crippen LogP contribution in [0.2, 0.25) is 0 Å². The molecule has 21 heavy (non-hydrogen) atoms. The van der Waals surface area contributed by atoms with Gasteiger partial charge in [-0.05, 0) is 50.9 Å². The van der Waals surface area contributed by atoms with Crippen molar-refractivity contribution in [1.29, 1.82) is 0 Å². The second-order valence-electron chi connectivity index (χ2n) is 5.27. The van der Waals surface area contributed by atoms with Crippen LogP contribution in [0.15, 0.2) is 18.2 Å². The average Bonchev–Trinajstić information content (AvgIpc) is 2.46. The zero-order valence-corrected chi connectivity index (χ0v) is 13.8. The first-order valence-corrected chi connectivity index (χ1v) is 7.94. The summed E-state index contributed by atoms with van der Waals surface area (Å²) >= 11 is 0. The Morgan fingerprint density at radius 2 is 2.00 bits per heavy atom. The van der Waals surface area contributed by atoms with E-state index >= 15 is 0 Å². The van der Waals surface area contributed by atoms with Gasteiger partial charge in [-0.2, -0.15) is 0 Å². The Bertz CT molecular complexity index is 446. The molecule has 0 saturated carbocycles. The van der Waals surface area contributed by atoms with Crippen molar-refractivity contribution in [2.75, 3.05) is 31.1 Å². The van der Waals surface area contributed by atoms with Gasteiger partial charge in [0, 0.05) is 25.3 Å². The van der Waals surface area contributed by atoms with E-state index < -0.39 is 0 Å². The molecule has 0 fully saturated rings. The molecule has 4 heteroatoms. The highest BCUT2D eigenvalue weighted by Gasteiger charge is 2.11. The van der Waals surface area contributed by atoms with E-state index in [2.05, 4.69) is 54.5 Å². The lowest BCUT2D eigenvalue weighted by Crippen LogP contribution is -2.37. The molecule has 0 atom stereocenters. The minimum Gasteiger partial charge on any atom is -0.362 e. The zero-order chi connectivity index (χ0) is 15.7. The molecule has 0 heterocycles. The topological polar surface area (TPSA) is 44.4 Å². The molecule has 0 radical (unpaired) electrons. The van der Waals surface area contributed by atoms with Crippen molar-refractivity contribution < 1.29 is 4.79 Å². The van der Waals surface area contributed by atoms with Gasteiger partial charge in [0.1, 0.15) is 0 Å². The number of amides is 1. The number of nitrogens with one attached hydrogen (secondary N) is 2. The molecule has 0 aliphatic rings. The molecule has 1 aromatic carbocycles. The van der Waals surface area contributed by atoms with E-state index in [0.717, 1.165) is 31.7 Å². The van der Waals surface area contributed by atoms with Gasteiger partial charge in [0.05, 0.1) is 6.54 Å². The molecule has 0 aromatic heterocycles. The fourth-order valence-electron chi connectivity index (χ4n) is 2.39. The van der Waals surface area contributed by atoms with Gasteiger partial charge in [-0.15, -0.1) is 0 Å². The van der Waals surface area contributed by atoms with E-state index in [0.29, 0.717) is 13.1 Å². The van der Waals surface area contributed by atoms with Crippen molar-refractivity contribution in [2.24, 2.45) is 0 Å². The Hall–Kier alpha value is -1.55. The number of hydrogen-bond donors (Lipinski definition) is 2. The Labute approximate surface area is 128 Å². The molecule has 1 amide bonds. The van der Waals surface area contributed by atoms with Crippen LogP contribution in [0, 0.1) is 6.92 Å². The average molecular weight is 291 g/mol. The lowest BCUT2D eigenvalue weighted by atomic mass is 10.1. The number of rotatable bonds is 9. The molecule has 4 nitrogen and oxygen atoms in total. The highest BCUT2D eigenvalue weighted by molar-refractivity contribution is 5.81. The molecule has 0 saturated heterocycles. The van der Waals surface area contributed by atoms with Crippen LogP contribution in [-0.4, -0.2) is 32.1 Å². The summed E-state index contributed by atoms with van der Waals surface area (Å²) in [6.45, 7) is 12.2. The van der Waals surface area contributed by atoms with Gasteiger partial charge in [-0.25, -0.2) is 0 Å². The number of anilines is 1. The second-order valence-corrected chi connectivity index (χ2v) is 5.27. The molecule has 118 valence electrons. The van der Waals surface area contributed by atoms with Crippen molar-refractivity contribution in [3.63, 3.8) is 0 Å². The zero-order valence-electron chi connectivity index (χ0n) is 13.8. The minimum absolute atomic E-state index is 0.0763. The Morgan fingerprint density at radius 3 is 2.57 bits per heavy atom. The normalized spacial score (nSPS) is 10.5. The van der Waals surface area contributed by atoms with Crippen LogP contribution in [0.5, 0.6) is 0 Å². The van der Waals surface area contributed by atoms with E-state index in [1.807, 2.05) is 6.92 Å². The third-order valence-electron chi connectivity index (χ3n) is 3.45. The minimum atomic E-state index is 0.0763. The van der Waals surface area contributed by atoms with Crippen LogP contribution in [-0.2, 0) is 11.3 Å². The number of benzene rings is 1. The van der Waals surface area contributed by atoms with Crippen molar-refractivity contribution in [3.8, 4) is 0 Å². The quantitative estimate of drug-likeness (QED) is 0.687. The summed E-state index contributed by atoms with van der Waals surface area (Å²) in [4.78, 5) is 13.9. The van der Waals surface area contributed by atoms with Crippen LogP contribution in [0.3, 0.4) is 0 Å². The summed E-state index contributed by atoms with van der Waals surface area (Å²) in [6.07, 6.45) is 1.15. The van der Waals surface area contributed by atoms with Crippen LogP contribution in [0.4, 0.5) is 5.69 Å². The van der Waals surface area contributed by atoms with Gasteiger partial charge in [0.2, 0.25) is 5.91 Å². The highest BCUT2D eigenvalue weighted by Crippen LogP contribution is 2.21. The summed E-state index contributed by atoms with van der Waals surface area (Å²) in [7, 11) is 0. The van der Waals surface area contributed by atoms with E-state index in [1.165, 1.54) is 11.1 Å². The van der Waals surface area contributed by atoms with E-state index in [4.69, 9.17) is 0 Å². The Kier molecular flexibility index (Phi) is 7.83. The first kappa shape index (κ1) is 17.5. The highest BCUT2D eigenvalue weighted by atomic mass is 16.2. The molecule has 1 rings (SSSR count). The summed E-state index contributed by atoms with van der Waals surface area (Å²) < 4.78 is 0. The van der Waals surface area contributed by atoms with Crippen molar-refractivity contribution >= 4 is 11.6 Å². The van der Waals surface area contributed by atoms with Gasteiger partial charge in [-0.3, -0.25) is 4.79 Å². The molecule has 0 aliphatic carbocycles. The van der Waals surface area contributed by atoms with E-state index in [1.54, 1.807) is 0 Å². The molecule has 0 unspecified atom stereocenters. The Morgan fingerprint density at radius 1 is 1.24 bits per heavy atom. The Balaban J connectivity index is 2.74. The number of aryl methyl sites for hydroxylation is 1. The molecule has 0 spiro atoms. The molecular weight excluding hydrogens is 262 g/mol. The van der Waals surface area contributed by atoms with Gasteiger partial charge >= 0.3 is 0 Å². The maximum atomic E-state index is 11.8. The number of carbonyl (C=O) groups excluding carboxylic acids is 1. The van der Waals surface area contributed by atoms with Crippen molar-refractivity contribution in [3.05, 3.63) is 29.3 Å². The SMILES string of the molecule is CCCNCc1ccc(N(CC)CC(=O)NCC)c(C)c1. The fourth-order valence-corrected chi connectivity index (χ4v) is 2.39.